The lowest BCUT2D eigenvalue weighted by Crippen LogP contribution is -2.39. The van der Waals surface area contributed by atoms with Crippen molar-refractivity contribution in [2.75, 3.05) is 20.3 Å². The average Bonchev–Trinajstić information content (AvgIpc) is 2.78. The van der Waals surface area contributed by atoms with Gasteiger partial charge in [0.15, 0.2) is 11.5 Å². The van der Waals surface area contributed by atoms with E-state index in [2.05, 4.69) is 0 Å². The van der Waals surface area contributed by atoms with Gasteiger partial charge in [0.05, 0.1) is 19.8 Å². The first-order valence-electron chi connectivity index (χ1n) is 6.37. The molecule has 1 fully saturated rings. The number of carbonyl (C=O) groups is 1. The number of phenolic OH excluding ortho intramolecular Hbond substituents is 1. The monoisotopic (exact) mass is 265 g/mol. The van der Waals surface area contributed by atoms with Gasteiger partial charge in [0.1, 0.15) is 0 Å². The Morgan fingerprint density at radius 1 is 1.53 bits per heavy atom. The minimum Gasteiger partial charge on any atom is -0.504 e. The Bertz CT molecular complexity index is 475. The zero-order valence-corrected chi connectivity index (χ0v) is 11.2. The lowest BCUT2D eigenvalue weighted by atomic mass is 10.0. The molecule has 2 atom stereocenters. The van der Waals surface area contributed by atoms with Gasteiger partial charge < -0.3 is 19.8 Å². The van der Waals surface area contributed by atoms with E-state index in [1.54, 1.807) is 17.0 Å². The zero-order chi connectivity index (χ0) is 14.0. The summed E-state index contributed by atoms with van der Waals surface area (Å²) in [6.45, 7) is 2.63. The van der Waals surface area contributed by atoms with Crippen LogP contribution in [0.1, 0.15) is 23.7 Å². The standard InChI is InChI=1S/C14H19NO4/c1-9-5-6-15(11(9)8-16)14(18)10-3-4-13(19-2)12(17)7-10/h3-4,7,9,11,16-17H,5-6,8H2,1-2H3. The van der Waals surface area contributed by atoms with Crippen molar-refractivity contribution < 1.29 is 19.7 Å². The third-order valence-electron chi connectivity index (χ3n) is 3.76. The number of phenols is 1. The molecular weight excluding hydrogens is 246 g/mol. The number of hydrogen-bond donors (Lipinski definition) is 2. The first-order chi connectivity index (χ1) is 9.08. The summed E-state index contributed by atoms with van der Waals surface area (Å²) in [5.74, 6) is 0.411. The predicted molar refractivity (Wildman–Crippen MR) is 70.4 cm³/mol. The molecule has 0 aromatic heterocycles. The molecule has 1 heterocycles. The summed E-state index contributed by atoms with van der Waals surface area (Å²) in [4.78, 5) is 14.0. The summed E-state index contributed by atoms with van der Waals surface area (Å²) in [6.07, 6.45) is 0.888. The molecule has 1 aromatic rings. The van der Waals surface area contributed by atoms with Crippen molar-refractivity contribution in [2.24, 2.45) is 5.92 Å². The molecule has 1 saturated heterocycles. The SMILES string of the molecule is COc1ccc(C(=O)N2CCC(C)C2CO)cc1O. The summed E-state index contributed by atoms with van der Waals surface area (Å²) in [5.41, 5.74) is 0.408. The van der Waals surface area contributed by atoms with Crippen LogP contribution in [0.3, 0.4) is 0 Å². The fourth-order valence-electron chi connectivity index (χ4n) is 2.53. The molecule has 0 bridgehead atoms. The Kier molecular flexibility index (Phi) is 3.95. The van der Waals surface area contributed by atoms with Crippen LogP contribution in [0.15, 0.2) is 18.2 Å². The lowest BCUT2D eigenvalue weighted by molar-refractivity contribution is 0.0647. The molecule has 1 amide bonds. The van der Waals surface area contributed by atoms with E-state index in [1.807, 2.05) is 6.92 Å². The van der Waals surface area contributed by atoms with Crippen LogP contribution in [-0.4, -0.2) is 47.3 Å². The van der Waals surface area contributed by atoms with E-state index < -0.39 is 0 Å². The van der Waals surface area contributed by atoms with Gasteiger partial charge in [-0.2, -0.15) is 0 Å². The first-order valence-corrected chi connectivity index (χ1v) is 6.37. The maximum absolute atomic E-state index is 12.4. The van der Waals surface area contributed by atoms with Gasteiger partial charge in [0, 0.05) is 12.1 Å². The predicted octanol–water partition coefficient (Wildman–Crippen LogP) is 1.24. The average molecular weight is 265 g/mol. The minimum atomic E-state index is -0.165. The molecule has 0 aliphatic carbocycles. The number of benzene rings is 1. The lowest BCUT2D eigenvalue weighted by Gasteiger charge is -2.25. The summed E-state index contributed by atoms with van der Waals surface area (Å²) in [6, 6.07) is 4.45. The molecule has 2 unspecified atom stereocenters. The normalized spacial score (nSPS) is 22.6. The van der Waals surface area contributed by atoms with E-state index in [0.29, 0.717) is 23.8 Å². The number of aliphatic hydroxyl groups is 1. The highest BCUT2D eigenvalue weighted by atomic mass is 16.5. The van der Waals surface area contributed by atoms with Crippen molar-refractivity contribution in [1.29, 1.82) is 0 Å². The van der Waals surface area contributed by atoms with Crippen molar-refractivity contribution >= 4 is 5.91 Å². The smallest absolute Gasteiger partial charge is 0.254 e. The van der Waals surface area contributed by atoms with E-state index in [1.165, 1.54) is 13.2 Å². The Balaban J connectivity index is 2.22. The second-order valence-electron chi connectivity index (χ2n) is 4.90. The van der Waals surface area contributed by atoms with Crippen molar-refractivity contribution in [1.82, 2.24) is 4.90 Å². The number of hydrogen-bond acceptors (Lipinski definition) is 4. The number of amides is 1. The fourth-order valence-corrected chi connectivity index (χ4v) is 2.53. The Morgan fingerprint density at radius 3 is 2.84 bits per heavy atom. The van der Waals surface area contributed by atoms with Crippen LogP contribution in [0, 0.1) is 5.92 Å². The Morgan fingerprint density at radius 2 is 2.26 bits per heavy atom. The van der Waals surface area contributed by atoms with Crippen molar-refractivity contribution in [3.63, 3.8) is 0 Å². The van der Waals surface area contributed by atoms with Gasteiger partial charge in [0.25, 0.3) is 5.91 Å². The van der Waals surface area contributed by atoms with E-state index in [-0.39, 0.29) is 24.3 Å². The molecular formula is C14H19NO4. The molecule has 0 radical (unpaired) electrons. The second-order valence-corrected chi connectivity index (χ2v) is 4.90. The molecule has 0 saturated carbocycles. The Hall–Kier alpha value is -1.75. The van der Waals surface area contributed by atoms with Gasteiger partial charge >= 0.3 is 0 Å². The van der Waals surface area contributed by atoms with Gasteiger partial charge in [-0.3, -0.25) is 4.79 Å². The maximum atomic E-state index is 12.4. The van der Waals surface area contributed by atoms with Crippen LogP contribution in [0.25, 0.3) is 0 Å². The third kappa shape index (κ3) is 2.51. The van der Waals surface area contributed by atoms with Gasteiger partial charge in [-0.1, -0.05) is 6.92 Å². The van der Waals surface area contributed by atoms with E-state index >= 15 is 0 Å². The number of carbonyl (C=O) groups excluding carboxylic acids is 1. The maximum Gasteiger partial charge on any atom is 0.254 e. The number of rotatable bonds is 3. The van der Waals surface area contributed by atoms with Crippen molar-refractivity contribution in [3.05, 3.63) is 23.8 Å². The number of likely N-dealkylation sites (tertiary alicyclic amines) is 1. The number of methoxy groups -OCH3 is 1. The molecule has 2 N–H and O–H groups in total. The molecule has 1 aliphatic rings. The molecule has 104 valence electrons. The highest BCUT2D eigenvalue weighted by molar-refractivity contribution is 5.95. The number of aliphatic hydroxyl groups excluding tert-OH is 1. The molecule has 5 heteroatoms. The van der Waals surface area contributed by atoms with Crippen LogP contribution >= 0.6 is 0 Å². The van der Waals surface area contributed by atoms with Crippen molar-refractivity contribution in [3.8, 4) is 11.5 Å². The summed E-state index contributed by atoms with van der Waals surface area (Å²) < 4.78 is 4.95. The molecule has 1 aromatic carbocycles. The summed E-state index contributed by atoms with van der Waals surface area (Å²) in [5, 5.41) is 19.1. The van der Waals surface area contributed by atoms with E-state index in [4.69, 9.17) is 4.74 Å². The summed E-state index contributed by atoms with van der Waals surface area (Å²) >= 11 is 0. The number of ether oxygens (including phenoxy) is 1. The first kappa shape index (κ1) is 13.7. The number of nitrogens with zero attached hydrogens (tertiary/aromatic N) is 1. The second kappa shape index (κ2) is 5.48. The quantitative estimate of drug-likeness (QED) is 0.862. The largest absolute Gasteiger partial charge is 0.504 e. The Labute approximate surface area is 112 Å². The molecule has 1 aliphatic heterocycles. The molecule has 5 nitrogen and oxygen atoms in total. The summed E-state index contributed by atoms with van der Waals surface area (Å²) in [7, 11) is 1.46. The van der Waals surface area contributed by atoms with Gasteiger partial charge in [-0.25, -0.2) is 0 Å². The van der Waals surface area contributed by atoms with Crippen molar-refractivity contribution in [2.45, 2.75) is 19.4 Å². The highest BCUT2D eigenvalue weighted by Crippen LogP contribution is 2.29. The van der Waals surface area contributed by atoms with Crippen LogP contribution < -0.4 is 4.74 Å². The van der Waals surface area contributed by atoms with Crippen LogP contribution in [0.4, 0.5) is 0 Å². The highest BCUT2D eigenvalue weighted by Gasteiger charge is 2.34. The zero-order valence-electron chi connectivity index (χ0n) is 11.2. The fraction of sp³-hybridized carbons (Fsp3) is 0.500. The van der Waals surface area contributed by atoms with E-state index in [0.717, 1.165) is 6.42 Å². The topological polar surface area (TPSA) is 70.0 Å². The van der Waals surface area contributed by atoms with Crippen LogP contribution in [0.5, 0.6) is 11.5 Å². The van der Waals surface area contributed by atoms with Crippen LogP contribution in [-0.2, 0) is 0 Å². The third-order valence-corrected chi connectivity index (χ3v) is 3.76. The van der Waals surface area contributed by atoms with E-state index in [9.17, 15) is 15.0 Å². The van der Waals surface area contributed by atoms with Gasteiger partial charge in [-0.05, 0) is 30.5 Å². The number of aromatic hydroxyl groups is 1. The van der Waals surface area contributed by atoms with Gasteiger partial charge in [-0.15, -0.1) is 0 Å². The molecule has 19 heavy (non-hydrogen) atoms. The van der Waals surface area contributed by atoms with Crippen LogP contribution in [0.2, 0.25) is 0 Å². The molecule has 2 rings (SSSR count). The minimum absolute atomic E-state index is 0.0327. The van der Waals surface area contributed by atoms with Gasteiger partial charge in [0.2, 0.25) is 0 Å². The molecule has 0 spiro atoms.